The monoisotopic (exact) mass is 376 g/mol. The molecule has 0 saturated heterocycles. The van der Waals surface area contributed by atoms with E-state index in [1.807, 2.05) is 14.0 Å². The molecule has 0 heterocycles. The van der Waals surface area contributed by atoms with E-state index in [0.29, 0.717) is 0 Å². The van der Waals surface area contributed by atoms with Crippen molar-refractivity contribution >= 4 is 11.3 Å². The molecule has 0 bridgehead atoms. The van der Waals surface area contributed by atoms with Crippen molar-refractivity contribution in [2.45, 2.75) is 46.5 Å². The molecule has 150 valence electrons. The predicted molar refractivity (Wildman–Crippen MR) is 126 cm³/mol. The molecule has 0 unspecified atom stereocenters. The van der Waals surface area contributed by atoms with Crippen molar-refractivity contribution in [2.24, 2.45) is 0 Å². The lowest BCUT2D eigenvalue weighted by Gasteiger charge is -2.26. The first-order valence-corrected chi connectivity index (χ1v) is 10.5. The van der Waals surface area contributed by atoms with Crippen molar-refractivity contribution in [3.63, 3.8) is 0 Å². The van der Waals surface area contributed by atoms with Crippen molar-refractivity contribution in [1.29, 1.82) is 0 Å². The van der Waals surface area contributed by atoms with Gasteiger partial charge in [-0.2, -0.15) is 0 Å². The van der Waals surface area contributed by atoms with E-state index in [4.69, 9.17) is 0 Å². The molecule has 2 aromatic carbocycles. The Balaban J connectivity index is 2.14. The van der Waals surface area contributed by atoms with Crippen LogP contribution in [-0.2, 0) is 6.42 Å². The SMILES string of the molecule is C=C(C)c1ccc(-c2cccc(CCC(=C)N(CCC)CCC)c2)cc1NC. The molecule has 1 N–H and O–H groups in total. The van der Waals surface area contributed by atoms with Crippen LogP contribution >= 0.6 is 0 Å². The van der Waals surface area contributed by atoms with Crippen LogP contribution in [0, 0.1) is 0 Å². The number of hydrogen-bond acceptors (Lipinski definition) is 2. The minimum absolute atomic E-state index is 1.01. The van der Waals surface area contributed by atoms with Gasteiger partial charge in [0.2, 0.25) is 0 Å². The lowest BCUT2D eigenvalue weighted by molar-refractivity contribution is 0.334. The maximum Gasteiger partial charge on any atom is 0.0419 e. The molecule has 0 aromatic heterocycles. The largest absolute Gasteiger partial charge is 0.388 e. The molecular formula is C26H36N2. The second kappa shape index (κ2) is 10.8. The Morgan fingerprint density at radius 3 is 2.25 bits per heavy atom. The van der Waals surface area contributed by atoms with Crippen molar-refractivity contribution < 1.29 is 0 Å². The zero-order valence-electron chi connectivity index (χ0n) is 18.1. The Bertz CT molecular complexity index is 798. The lowest BCUT2D eigenvalue weighted by atomic mass is 9.97. The Kier molecular flexibility index (Phi) is 8.38. The smallest absolute Gasteiger partial charge is 0.0419 e. The highest BCUT2D eigenvalue weighted by Gasteiger charge is 2.08. The summed E-state index contributed by atoms with van der Waals surface area (Å²) in [7, 11) is 1.96. The van der Waals surface area contributed by atoms with Gasteiger partial charge in [-0.05, 0) is 66.5 Å². The topological polar surface area (TPSA) is 15.3 Å². The van der Waals surface area contributed by atoms with Crippen molar-refractivity contribution in [3.8, 4) is 11.1 Å². The van der Waals surface area contributed by atoms with Gasteiger partial charge < -0.3 is 10.2 Å². The van der Waals surface area contributed by atoms with Gasteiger partial charge in [-0.15, -0.1) is 0 Å². The first-order chi connectivity index (χ1) is 13.5. The number of allylic oxidation sites excluding steroid dienone is 2. The second-order valence-electron chi connectivity index (χ2n) is 7.54. The van der Waals surface area contributed by atoms with E-state index in [-0.39, 0.29) is 0 Å². The molecule has 0 amide bonds. The molecule has 28 heavy (non-hydrogen) atoms. The summed E-state index contributed by atoms with van der Waals surface area (Å²) in [5, 5.41) is 3.30. The number of nitrogens with zero attached hydrogens (tertiary/aromatic N) is 1. The molecule has 2 nitrogen and oxygen atoms in total. The minimum Gasteiger partial charge on any atom is -0.388 e. The first-order valence-electron chi connectivity index (χ1n) is 10.5. The van der Waals surface area contributed by atoms with Gasteiger partial charge in [0.15, 0.2) is 0 Å². The fourth-order valence-electron chi connectivity index (χ4n) is 3.62. The Morgan fingerprint density at radius 2 is 1.64 bits per heavy atom. The summed E-state index contributed by atoms with van der Waals surface area (Å²) in [6, 6.07) is 15.4. The average Bonchev–Trinajstić information content (AvgIpc) is 2.71. The fraction of sp³-hybridized carbons (Fsp3) is 0.385. The van der Waals surface area contributed by atoms with Gasteiger partial charge in [0.05, 0.1) is 0 Å². The quantitative estimate of drug-likeness (QED) is 0.454. The number of aryl methyl sites for hydroxylation is 1. The van der Waals surface area contributed by atoms with Crippen molar-refractivity contribution in [1.82, 2.24) is 4.90 Å². The van der Waals surface area contributed by atoms with Gasteiger partial charge >= 0.3 is 0 Å². The van der Waals surface area contributed by atoms with Crippen LogP contribution in [0.25, 0.3) is 16.7 Å². The highest BCUT2D eigenvalue weighted by Crippen LogP contribution is 2.29. The third-order valence-corrected chi connectivity index (χ3v) is 5.15. The Hall–Kier alpha value is -2.48. The van der Waals surface area contributed by atoms with Crippen LogP contribution in [0.2, 0.25) is 0 Å². The van der Waals surface area contributed by atoms with Crippen molar-refractivity contribution in [3.05, 3.63) is 72.4 Å². The van der Waals surface area contributed by atoms with Gasteiger partial charge in [0, 0.05) is 31.5 Å². The number of hydrogen-bond donors (Lipinski definition) is 1. The molecule has 0 aliphatic rings. The van der Waals surface area contributed by atoms with Crippen LogP contribution < -0.4 is 5.32 Å². The third-order valence-electron chi connectivity index (χ3n) is 5.15. The van der Waals surface area contributed by atoms with Crippen molar-refractivity contribution in [2.75, 3.05) is 25.5 Å². The molecule has 0 atom stereocenters. The molecule has 0 radical (unpaired) electrons. The zero-order chi connectivity index (χ0) is 20.5. The molecule has 2 heteroatoms. The van der Waals surface area contributed by atoms with Crippen LogP contribution in [0.5, 0.6) is 0 Å². The molecule has 0 fully saturated rings. The van der Waals surface area contributed by atoms with Gasteiger partial charge in [-0.1, -0.05) is 63.4 Å². The van der Waals surface area contributed by atoms with E-state index in [1.54, 1.807) is 0 Å². The lowest BCUT2D eigenvalue weighted by Crippen LogP contribution is -2.24. The van der Waals surface area contributed by atoms with Gasteiger partial charge in [0.1, 0.15) is 0 Å². The fourth-order valence-corrected chi connectivity index (χ4v) is 3.62. The van der Waals surface area contributed by atoms with E-state index in [2.05, 4.69) is 79.7 Å². The van der Waals surface area contributed by atoms with E-state index in [0.717, 1.165) is 37.2 Å². The number of nitrogens with one attached hydrogen (secondary N) is 1. The number of rotatable bonds is 11. The Labute approximate surface area is 172 Å². The third kappa shape index (κ3) is 5.76. The molecule has 0 spiro atoms. The van der Waals surface area contributed by atoms with Gasteiger partial charge in [-0.3, -0.25) is 0 Å². The summed E-state index contributed by atoms with van der Waals surface area (Å²) in [5.74, 6) is 0. The van der Waals surface area contributed by atoms with Crippen LogP contribution in [0.1, 0.15) is 51.2 Å². The molecule has 0 aliphatic heterocycles. The summed E-state index contributed by atoms with van der Waals surface area (Å²) in [4.78, 5) is 2.44. The number of anilines is 1. The molecular weight excluding hydrogens is 340 g/mol. The standard InChI is InChI=1S/C26H36N2/c1-7-16-28(17-8-2)21(5)12-13-22-10-9-11-23(18-22)24-14-15-25(20(3)4)26(19-24)27-6/h9-11,14-15,18-19,27H,3,5,7-8,12-13,16-17H2,1-2,4,6H3. The molecule has 2 rings (SSSR count). The summed E-state index contributed by atoms with van der Waals surface area (Å²) < 4.78 is 0. The van der Waals surface area contributed by atoms with Crippen LogP contribution in [0.3, 0.4) is 0 Å². The molecule has 0 aliphatic carbocycles. The van der Waals surface area contributed by atoms with Crippen LogP contribution in [0.15, 0.2) is 61.3 Å². The van der Waals surface area contributed by atoms with Crippen LogP contribution in [0.4, 0.5) is 5.69 Å². The molecule has 0 saturated carbocycles. The number of benzene rings is 2. The zero-order valence-corrected chi connectivity index (χ0v) is 18.1. The highest BCUT2D eigenvalue weighted by molar-refractivity contribution is 5.79. The highest BCUT2D eigenvalue weighted by atomic mass is 15.1. The summed E-state index contributed by atoms with van der Waals surface area (Å²) in [5.41, 5.74) is 8.48. The van der Waals surface area contributed by atoms with Crippen LogP contribution in [-0.4, -0.2) is 25.0 Å². The average molecular weight is 377 g/mol. The van der Waals surface area contributed by atoms with Gasteiger partial charge in [0.25, 0.3) is 0 Å². The predicted octanol–water partition coefficient (Wildman–Crippen LogP) is 7.00. The minimum atomic E-state index is 1.01. The molecule has 2 aromatic rings. The maximum absolute atomic E-state index is 4.35. The van der Waals surface area contributed by atoms with E-state index in [1.165, 1.54) is 40.8 Å². The van der Waals surface area contributed by atoms with E-state index >= 15 is 0 Å². The normalized spacial score (nSPS) is 10.6. The maximum atomic E-state index is 4.35. The van der Waals surface area contributed by atoms with E-state index in [9.17, 15) is 0 Å². The second-order valence-corrected chi connectivity index (χ2v) is 7.54. The van der Waals surface area contributed by atoms with E-state index < -0.39 is 0 Å². The summed E-state index contributed by atoms with van der Waals surface area (Å²) in [6.07, 6.45) is 4.38. The Morgan fingerprint density at radius 1 is 0.964 bits per heavy atom. The first kappa shape index (κ1) is 21.8. The summed E-state index contributed by atoms with van der Waals surface area (Å²) in [6.45, 7) is 17.2. The van der Waals surface area contributed by atoms with Gasteiger partial charge in [-0.25, -0.2) is 0 Å². The summed E-state index contributed by atoms with van der Waals surface area (Å²) >= 11 is 0.